The number of anilines is 3. The zero-order valence-corrected chi connectivity index (χ0v) is 25.9. The van der Waals surface area contributed by atoms with Gasteiger partial charge >= 0.3 is 11.1 Å². The third kappa shape index (κ3) is 6.45. The molecule has 3 unspecified atom stereocenters. The highest BCUT2D eigenvalue weighted by Gasteiger charge is 2.56. The lowest BCUT2D eigenvalue weighted by Crippen LogP contribution is -2.75. The van der Waals surface area contributed by atoms with E-state index in [1.165, 1.54) is 35.0 Å². The van der Waals surface area contributed by atoms with Crippen molar-refractivity contribution in [2.45, 2.75) is 29.6 Å². The second-order valence-corrected chi connectivity index (χ2v) is 13.1. The lowest BCUT2D eigenvalue weighted by atomic mass is 9.89. The molecule has 4 atom stereocenters. The molecule has 0 bridgehead atoms. The maximum Gasteiger partial charge on any atom is 0.347 e. The van der Waals surface area contributed by atoms with Gasteiger partial charge in [-0.3, -0.25) is 9.59 Å². The number of fused-ring (bicyclic) bond motifs is 1. The van der Waals surface area contributed by atoms with E-state index in [9.17, 15) is 24.3 Å². The molecule has 2 fully saturated rings. The largest absolute Gasteiger partial charge is 0.549 e. The van der Waals surface area contributed by atoms with Crippen molar-refractivity contribution >= 4 is 81.1 Å². The summed E-state index contributed by atoms with van der Waals surface area (Å²) in [4.78, 5) is 64.8. The Kier molecular flexibility index (Phi) is 9.03. The number of nitrogen functional groups attached to an aromatic ring is 3. The molecule has 5 rings (SSSR count). The number of oxime groups is 1. The summed E-state index contributed by atoms with van der Waals surface area (Å²) in [7, 11) is 0. The summed E-state index contributed by atoms with van der Waals surface area (Å²) in [5.41, 5.74) is 16.8. The number of nitrogens with two attached hydrogens (primary N) is 3. The quantitative estimate of drug-likeness (QED) is 0.0395. The first kappa shape index (κ1) is 31.8. The lowest BCUT2D eigenvalue weighted by Gasteiger charge is -2.55. The molecule has 8 N–H and O–H groups in total. The predicted octanol–water partition coefficient (Wildman–Crippen LogP) is -1.32. The number of hydrogen-bond donors (Lipinski definition) is 5. The Hall–Kier alpha value is -4.62. The standard InChI is InChI=1S/C26H27N9O7S3/c1-12(22(38)39)42-33-17(14-8-43-24(29)30-14)19(36)32-18-20(37)34-9-26(23(40)41,10-44-21(18)34)11-45-25-31-15(27)7-16(28)35(25)13-5-3-2-4-6-13/h2-8,12,18,21H,9-11H2,1H3,(H8,27,28,29,30,32,36,38,39,40,41)/t12?,18?,21-,26?/m1/s1. The molecule has 2 amide bonds. The Labute approximate surface area is 268 Å². The van der Waals surface area contributed by atoms with E-state index >= 15 is 0 Å². The number of aliphatic carboxylic acids is 2. The fourth-order valence-electron chi connectivity index (χ4n) is 4.54. The van der Waals surface area contributed by atoms with Crippen LogP contribution in [0.25, 0.3) is 5.69 Å². The Bertz CT molecular complexity index is 1690. The molecule has 45 heavy (non-hydrogen) atoms. The highest BCUT2D eigenvalue weighted by Crippen LogP contribution is 2.44. The molecule has 4 heterocycles. The summed E-state index contributed by atoms with van der Waals surface area (Å²) >= 11 is 3.32. The Morgan fingerprint density at radius 1 is 1.29 bits per heavy atom. The number of β-lactam (4-membered cyclic amide) rings is 1. The molecule has 16 nitrogen and oxygen atoms in total. The summed E-state index contributed by atoms with van der Waals surface area (Å²) < 4.78 is 1.65. The van der Waals surface area contributed by atoms with Crippen LogP contribution < -0.4 is 32.2 Å². The average Bonchev–Trinajstić information content (AvgIpc) is 3.44. The number of carboxylic acid groups (broad SMARTS) is 2. The number of thioether (sulfide) groups is 2. The van der Waals surface area contributed by atoms with Crippen LogP contribution in [0.2, 0.25) is 0 Å². The number of nitrogens with one attached hydrogen (secondary N) is 1. The number of carbonyl (C=O) groups excluding carboxylic acids is 3. The molecule has 1 aromatic carbocycles. The number of para-hydroxylation sites is 1. The number of benzene rings is 1. The van der Waals surface area contributed by atoms with Gasteiger partial charge < -0.3 is 47.3 Å². The maximum atomic E-state index is 13.2. The second-order valence-electron chi connectivity index (χ2n) is 10.1. The van der Waals surface area contributed by atoms with E-state index in [0.29, 0.717) is 16.7 Å². The molecule has 2 saturated heterocycles. The molecular formula is C26H27N9O7S3. The van der Waals surface area contributed by atoms with Crippen molar-refractivity contribution in [3.05, 3.63) is 47.5 Å². The van der Waals surface area contributed by atoms with E-state index in [0.717, 1.165) is 23.1 Å². The maximum absolute atomic E-state index is 13.2. The van der Waals surface area contributed by atoms with Gasteiger partial charge in [-0.25, -0.2) is 9.78 Å². The number of rotatable bonds is 11. The minimum absolute atomic E-state index is 0.0141. The van der Waals surface area contributed by atoms with Gasteiger partial charge in [0, 0.05) is 28.8 Å². The SMILES string of the molecule is CC(ON=C(C(=O)NC1C(=O)N2CC(CSc3nc(N)cc(N)[n+]3-c3ccccc3)(C(=O)[O-])CS[C@H]12)c1csc(N)n1)C(=O)O. The van der Waals surface area contributed by atoms with Crippen LogP contribution in [-0.2, 0) is 24.0 Å². The van der Waals surface area contributed by atoms with E-state index in [1.54, 1.807) is 4.57 Å². The van der Waals surface area contributed by atoms with Crippen LogP contribution in [0.15, 0.2) is 52.1 Å². The highest BCUT2D eigenvalue weighted by atomic mass is 32.2. The fourth-order valence-corrected chi connectivity index (χ4v) is 7.98. The number of thiazole rings is 1. The van der Waals surface area contributed by atoms with E-state index in [1.807, 2.05) is 30.3 Å². The minimum atomic E-state index is -1.46. The zero-order chi connectivity index (χ0) is 32.5. The van der Waals surface area contributed by atoms with Crippen molar-refractivity contribution in [2.24, 2.45) is 10.6 Å². The minimum Gasteiger partial charge on any atom is -0.549 e. The van der Waals surface area contributed by atoms with Crippen LogP contribution in [0, 0.1) is 5.41 Å². The monoisotopic (exact) mass is 673 g/mol. The first-order valence-corrected chi connectivity index (χ1v) is 16.1. The number of aromatic nitrogens is 3. The Morgan fingerprint density at radius 2 is 2.02 bits per heavy atom. The van der Waals surface area contributed by atoms with E-state index in [-0.39, 0.29) is 40.4 Å². The summed E-state index contributed by atoms with van der Waals surface area (Å²) in [6, 6.07) is 9.61. The van der Waals surface area contributed by atoms with Crippen molar-refractivity contribution < 1.29 is 38.8 Å². The number of hydrogen-bond acceptors (Lipinski definition) is 15. The van der Waals surface area contributed by atoms with Gasteiger partial charge in [-0.2, -0.15) is 4.57 Å². The third-order valence-electron chi connectivity index (χ3n) is 6.96. The number of carbonyl (C=O) groups is 4. The predicted molar refractivity (Wildman–Crippen MR) is 164 cm³/mol. The van der Waals surface area contributed by atoms with Gasteiger partial charge in [0.15, 0.2) is 10.8 Å². The van der Waals surface area contributed by atoms with Crippen LogP contribution in [0.5, 0.6) is 0 Å². The van der Waals surface area contributed by atoms with Crippen LogP contribution in [-0.4, -0.2) is 85.0 Å². The molecule has 0 radical (unpaired) electrons. The zero-order valence-electron chi connectivity index (χ0n) is 23.5. The molecule has 2 aromatic heterocycles. The van der Waals surface area contributed by atoms with Crippen LogP contribution in [0.3, 0.4) is 0 Å². The van der Waals surface area contributed by atoms with Gasteiger partial charge in [0.05, 0.1) is 12.0 Å². The van der Waals surface area contributed by atoms with Gasteiger partial charge in [0.2, 0.25) is 23.6 Å². The van der Waals surface area contributed by atoms with E-state index in [4.69, 9.17) is 27.1 Å². The smallest absolute Gasteiger partial charge is 0.347 e. The summed E-state index contributed by atoms with van der Waals surface area (Å²) in [5, 5.41) is 29.2. The second kappa shape index (κ2) is 12.8. The topological polar surface area (TPSA) is 256 Å². The number of carboxylic acids is 2. The molecule has 0 spiro atoms. The molecule has 2 aliphatic rings. The first-order chi connectivity index (χ1) is 21.4. The van der Waals surface area contributed by atoms with Crippen molar-refractivity contribution in [3.8, 4) is 5.69 Å². The Balaban J connectivity index is 1.30. The molecule has 0 saturated carbocycles. The molecular weight excluding hydrogens is 647 g/mol. The fraction of sp³-hybridized carbons (Fsp3) is 0.308. The van der Waals surface area contributed by atoms with Gasteiger partial charge in [-0.05, 0) is 19.1 Å². The Morgan fingerprint density at radius 3 is 2.67 bits per heavy atom. The summed E-state index contributed by atoms with van der Waals surface area (Å²) in [6.07, 6.45) is -1.37. The van der Waals surface area contributed by atoms with Gasteiger partial charge in [0.1, 0.15) is 22.8 Å². The third-order valence-corrected chi connectivity index (χ3v) is 10.4. The summed E-state index contributed by atoms with van der Waals surface area (Å²) in [6.45, 7) is 1.06. The molecule has 236 valence electrons. The number of amides is 2. The average molecular weight is 674 g/mol. The molecule has 19 heteroatoms. The van der Waals surface area contributed by atoms with Gasteiger partial charge in [0.25, 0.3) is 5.91 Å². The highest BCUT2D eigenvalue weighted by molar-refractivity contribution is 8.00. The van der Waals surface area contributed by atoms with Crippen LogP contribution >= 0.6 is 34.9 Å². The van der Waals surface area contributed by atoms with Crippen molar-refractivity contribution in [1.29, 1.82) is 0 Å². The molecule has 0 aliphatic carbocycles. The number of nitrogens with zero attached hydrogens (tertiary/aromatic N) is 5. The van der Waals surface area contributed by atoms with E-state index < -0.39 is 46.7 Å². The van der Waals surface area contributed by atoms with Gasteiger partial charge in [-0.1, -0.05) is 40.1 Å². The molecule has 3 aromatic rings. The normalized spacial score (nSPS) is 21.8. The van der Waals surface area contributed by atoms with E-state index in [2.05, 4.69) is 20.4 Å². The van der Waals surface area contributed by atoms with Crippen molar-refractivity contribution in [2.75, 3.05) is 35.3 Å². The van der Waals surface area contributed by atoms with Gasteiger partial charge in [-0.15, -0.1) is 23.1 Å². The summed E-state index contributed by atoms with van der Waals surface area (Å²) in [5.74, 6) is -3.50. The lowest BCUT2D eigenvalue weighted by molar-refractivity contribution is -0.626. The van der Waals surface area contributed by atoms with Crippen molar-refractivity contribution in [1.82, 2.24) is 20.2 Å². The van der Waals surface area contributed by atoms with Crippen molar-refractivity contribution in [3.63, 3.8) is 0 Å². The van der Waals surface area contributed by atoms with Crippen LogP contribution in [0.1, 0.15) is 12.6 Å². The molecule has 2 aliphatic heterocycles. The first-order valence-electron chi connectivity index (χ1n) is 13.2. The van der Waals surface area contributed by atoms with Crippen LogP contribution in [0.4, 0.5) is 16.8 Å².